The van der Waals surface area contributed by atoms with Gasteiger partial charge in [0, 0.05) is 5.92 Å². The number of carbonyl (C=O) groups excluding carboxylic acids is 1. The molecule has 88 valence electrons. The van der Waals surface area contributed by atoms with Crippen molar-refractivity contribution >= 4 is 17.8 Å². The van der Waals surface area contributed by atoms with Crippen LogP contribution < -0.4 is 0 Å². The van der Waals surface area contributed by atoms with Gasteiger partial charge in [-0.3, -0.25) is 4.79 Å². The van der Waals surface area contributed by atoms with Gasteiger partial charge in [-0.05, 0) is 23.3 Å². The van der Waals surface area contributed by atoms with Gasteiger partial charge in [0.15, 0.2) is 5.78 Å². The number of hydrogen-bond donors (Lipinski definition) is 1. The summed E-state index contributed by atoms with van der Waals surface area (Å²) in [6.07, 6.45) is 2.82. The van der Waals surface area contributed by atoms with Gasteiger partial charge in [-0.25, -0.2) is 4.79 Å². The molecule has 0 bridgehead atoms. The fourth-order valence-electron chi connectivity index (χ4n) is 1.59. The highest BCUT2D eigenvalue weighted by Gasteiger charge is 2.19. The topological polar surface area (TPSA) is 54.4 Å². The first-order valence-electron chi connectivity index (χ1n) is 5.17. The predicted molar refractivity (Wildman–Crippen MR) is 67.1 cm³/mol. The summed E-state index contributed by atoms with van der Waals surface area (Å²) in [5.41, 5.74) is 1.41. The SMILES string of the molecule is C=CC(=O)C(C)c1cc(C=C)ccc1C(=O)O. The summed E-state index contributed by atoms with van der Waals surface area (Å²) >= 11 is 0. The molecule has 0 amide bonds. The van der Waals surface area contributed by atoms with E-state index in [1.165, 1.54) is 12.1 Å². The van der Waals surface area contributed by atoms with Crippen LogP contribution in [0.15, 0.2) is 37.4 Å². The maximum atomic E-state index is 11.5. The molecule has 1 aromatic rings. The largest absolute Gasteiger partial charge is 0.478 e. The fraction of sp³-hybridized carbons (Fsp3) is 0.143. The molecule has 17 heavy (non-hydrogen) atoms. The smallest absolute Gasteiger partial charge is 0.335 e. The van der Waals surface area contributed by atoms with Crippen LogP contribution in [0.3, 0.4) is 0 Å². The molecule has 0 radical (unpaired) electrons. The number of ketones is 1. The van der Waals surface area contributed by atoms with Crippen LogP contribution >= 0.6 is 0 Å². The molecule has 0 aliphatic heterocycles. The quantitative estimate of drug-likeness (QED) is 0.791. The third-order valence-corrected chi connectivity index (χ3v) is 2.64. The second-order valence-corrected chi connectivity index (χ2v) is 3.68. The van der Waals surface area contributed by atoms with E-state index in [-0.39, 0.29) is 11.3 Å². The molecule has 3 heteroatoms. The number of benzene rings is 1. The zero-order valence-electron chi connectivity index (χ0n) is 9.64. The molecule has 1 rings (SSSR count). The van der Waals surface area contributed by atoms with Crippen molar-refractivity contribution < 1.29 is 14.7 Å². The Kier molecular flexibility index (Phi) is 3.99. The Labute approximate surface area is 100 Å². The number of carbonyl (C=O) groups is 2. The van der Waals surface area contributed by atoms with Crippen molar-refractivity contribution in [2.45, 2.75) is 12.8 Å². The van der Waals surface area contributed by atoms with Crippen molar-refractivity contribution in [2.75, 3.05) is 0 Å². The molecule has 0 aliphatic carbocycles. The highest BCUT2D eigenvalue weighted by Crippen LogP contribution is 2.23. The van der Waals surface area contributed by atoms with E-state index in [9.17, 15) is 9.59 Å². The van der Waals surface area contributed by atoms with E-state index in [0.29, 0.717) is 5.56 Å². The summed E-state index contributed by atoms with van der Waals surface area (Å²) in [4.78, 5) is 22.6. The second-order valence-electron chi connectivity index (χ2n) is 3.68. The van der Waals surface area contributed by atoms with E-state index in [1.54, 1.807) is 25.1 Å². The second kappa shape index (κ2) is 5.25. The van der Waals surface area contributed by atoms with Crippen LogP contribution in [-0.2, 0) is 4.79 Å². The lowest BCUT2D eigenvalue weighted by Crippen LogP contribution is -2.11. The van der Waals surface area contributed by atoms with E-state index >= 15 is 0 Å². The van der Waals surface area contributed by atoms with Crippen LogP contribution in [0.1, 0.15) is 34.3 Å². The number of allylic oxidation sites excluding steroid dienone is 1. The molecule has 1 aromatic carbocycles. The molecule has 0 aliphatic rings. The van der Waals surface area contributed by atoms with Crippen molar-refractivity contribution in [3.8, 4) is 0 Å². The van der Waals surface area contributed by atoms with Crippen molar-refractivity contribution in [1.82, 2.24) is 0 Å². The van der Waals surface area contributed by atoms with Crippen LogP contribution in [0.5, 0.6) is 0 Å². The summed E-state index contributed by atoms with van der Waals surface area (Å²) in [5, 5.41) is 9.07. The minimum Gasteiger partial charge on any atom is -0.478 e. The molecule has 1 atom stereocenters. The lowest BCUT2D eigenvalue weighted by atomic mass is 9.90. The van der Waals surface area contributed by atoms with Crippen molar-refractivity contribution in [2.24, 2.45) is 0 Å². The van der Waals surface area contributed by atoms with Crippen LogP contribution in [0.25, 0.3) is 6.08 Å². The van der Waals surface area contributed by atoms with Gasteiger partial charge in [-0.2, -0.15) is 0 Å². The van der Waals surface area contributed by atoms with Crippen molar-refractivity contribution in [1.29, 1.82) is 0 Å². The first kappa shape index (κ1) is 12.9. The van der Waals surface area contributed by atoms with Gasteiger partial charge >= 0.3 is 5.97 Å². The Hall–Kier alpha value is -2.16. The normalized spacial score (nSPS) is 11.6. The van der Waals surface area contributed by atoms with Crippen molar-refractivity contribution in [3.05, 3.63) is 54.1 Å². The third kappa shape index (κ3) is 2.69. The van der Waals surface area contributed by atoms with Gasteiger partial charge in [0.2, 0.25) is 0 Å². The zero-order chi connectivity index (χ0) is 13.0. The maximum absolute atomic E-state index is 11.5. The summed E-state index contributed by atoms with van der Waals surface area (Å²) in [6.45, 7) is 8.69. The average Bonchev–Trinajstić information content (AvgIpc) is 2.35. The molecule has 0 fully saturated rings. The van der Waals surface area contributed by atoms with Gasteiger partial charge in [0.05, 0.1) is 5.56 Å². The molecule has 1 N–H and O–H groups in total. The molecular formula is C14H14O3. The van der Waals surface area contributed by atoms with Crippen LogP contribution in [-0.4, -0.2) is 16.9 Å². The summed E-state index contributed by atoms with van der Waals surface area (Å²) < 4.78 is 0. The first-order valence-corrected chi connectivity index (χ1v) is 5.17. The molecule has 1 unspecified atom stereocenters. The fourth-order valence-corrected chi connectivity index (χ4v) is 1.59. The van der Waals surface area contributed by atoms with E-state index in [0.717, 1.165) is 5.56 Å². The summed E-state index contributed by atoms with van der Waals surface area (Å²) in [5.74, 6) is -1.76. The lowest BCUT2D eigenvalue weighted by Gasteiger charge is -2.12. The number of hydrogen-bond acceptors (Lipinski definition) is 2. The van der Waals surface area contributed by atoms with E-state index < -0.39 is 11.9 Å². The molecule has 0 aromatic heterocycles. The molecule has 0 heterocycles. The van der Waals surface area contributed by atoms with Gasteiger partial charge in [0.1, 0.15) is 0 Å². The lowest BCUT2D eigenvalue weighted by molar-refractivity contribution is -0.115. The Bertz CT molecular complexity index is 486. The van der Waals surface area contributed by atoms with Crippen molar-refractivity contribution in [3.63, 3.8) is 0 Å². The third-order valence-electron chi connectivity index (χ3n) is 2.64. The van der Waals surface area contributed by atoms with Gasteiger partial charge in [0.25, 0.3) is 0 Å². The number of rotatable bonds is 5. The summed E-state index contributed by atoms with van der Waals surface area (Å²) in [7, 11) is 0. The molecule has 3 nitrogen and oxygen atoms in total. The average molecular weight is 230 g/mol. The number of carboxylic acid groups (broad SMARTS) is 1. The minimum atomic E-state index is -1.04. The monoisotopic (exact) mass is 230 g/mol. The molecule has 0 saturated carbocycles. The maximum Gasteiger partial charge on any atom is 0.335 e. The van der Waals surface area contributed by atoms with E-state index in [1.807, 2.05) is 0 Å². The highest BCUT2D eigenvalue weighted by atomic mass is 16.4. The Morgan fingerprint density at radius 1 is 1.35 bits per heavy atom. The molecule has 0 saturated heterocycles. The van der Waals surface area contributed by atoms with E-state index in [2.05, 4.69) is 13.2 Å². The Balaban J connectivity index is 3.35. The minimum absolute atomic E-state index is 0.137. The number of aromatic carboxylic acids is 1. The first-order chi connectivity index (χ1) is 8.01. The zero-order valence-corrected chi connectivity index (χ0v) is 9.64. The predicted octanol–water partition coefficient (Wildman–Crippen LogP) is 2.89. The number of carboxylic acids is 1. The van der Waals surface area contributed by atoms with Crippen LogP contribution in [0.4, 0.5) is 0 Å². The molecular weight excluding hydrogens is 216 g/mol. The van der Waals surface area contributed by atoms with Gasteiger partial charge in [-0.1, -0.05) is 38.3 Å². The van der Waals surface area contributed by atoms with Crippen LogP contribution in [0, 0.1) is 0 Å². The van der Waals surface area contributed by atoms with Gasteiger partial charge in [-0.15, -0.1) is 0 Å². The van der Waals surface area contributed by atoms with Gasteiger partial charge < -0.3 is 5.11 Å². The Morgan fingerprint density at radius 2 is 2.00 bits per heavy atom. The standard InChI is InChI=1S/C14H14O3/c1-4-10-6-7-11(14(16)17)12(8-10)9(3)13(15)5-2/h4-9H,1-2H2,3H3,(H,16,17). The Morgan fingerprint density at radius 3 is 2.47 bits per heavy atom. The highest BCUT2D eigenvalue weighted by molar-refractivity contribution is 5.98. The summed E-state index contributed by atoms with van der Waals surface area (Å²) in [6, 6.07) is 4.81. The van der Waals surface area contributed by atoms with E-state index in [4.69, 9.17) is 5.11 Å². The van der Waals surface area contributed by atoms with Crippen LogP contribution in [0.2, 0.25) is 0 Å². The molecule has 0 spiro atoms.